The predicted molar refractivity (Wildman–Crippen MR) is 339 cm³/mol. The Balaban J connectivity index is 1.06. The molecule has 390 valence electrons. The molecule has 0 bridgehead atoms. The fourth-order valence-corrected chi connectivity index (χ4v) is 13.5. The van der Waals surface area contributed by atoms with E-state index in [1.165, 1.54) is 145 Å². The van der Waals surface area contributed by atoms with Crippen LogP contribution in [0.15, 0.2) is 170 Å². The van der Waals surface area contributed by atoms with Crippen molar-refractivity contribution in [3.8, 4) is 55.6 Å². The van der Waals surface area contributed by atoms with E-state index in [2.05, 4.69) is 290 Å². The number of rotatable bonds is 11. The fourth-order valence-electron chi connectivity index (χ4n) is 13.5. The minimum absolute atomic E-state index is 1.12. The van der Waals surface area contributed by atoms with Gasteiger partial charge in [-0.2, -0.15) is 0 Å². The Labute approximate surface area is 466 Å². The second kappa shape index (κ2) is 21.3. The van der Waals surface area contributed by atoms with Crippen molar-refractivity contribution in [3.05, 3.63) is 259 Å². The molecule has 0 atom stereocenters. The van der Waals surface area contributed by atoms with Crippen LogP contribution in [0.3, 0.4) is 0 Å². The Morgan fingerprint density at radius 1 is 0.167 bits per heavy atom. The van der Waals surface area contributed by atoms with Crippen LogP contribution in [0.5, 0.6) is 0 Å². The van der Waals surface area contributed by atoms with E-state index in [9.17, 15) is 0 Å². The Hall–Kier alpha value is -8.20. The molecule has 0 fully saturated rings. The van der Waals surface area contributed by atoms with Gasteiger partial charge in [-0.15, -0.1) is 0 Å². The molecular formula is C76H76N2. The highest BCUT2D eigenvalue weighted by atomic mass is 15.1. The summed E-state index contributed by atoms with van der Waals surface area (Å²) in [5, 5.41) is 0. The van der Waals surface area contributed by atoms with Crippen LogP contribution < -0.4 is 9.80 Å². The van der Waals surface area contributed by atoms with E-state index in [4.69, 9.17) is 0 Å². The first-order valence-corrected chi connectivity index (χ1v) is 27.8. The van der Waals surface area contributed by atoms with E-state index in [-0.39, 0.29) is 0 Å². The summed E-state index contributed by atoms with van der Waals surface area (Å²) in [5.41, 5.74) is 40.1. The van der Waals surface area contributed by atoms with Crippen molar-refractivity contribution in [3.63, 3.8) is 0 Å². The number of hydrogen-bond acceptors (Lipinski definition) is 2. The summed E-state index contributed by atoms with van der Waals surface area (Å²) in [5.74, 6) is 0. The lowest BCUT2D eigenvalue weighted by Crippen LogP contribution is -2.12. The Bertz CT molecular complexity index is 3320. The lowest BCUT2D eigenvalue weighted by molar-refractivity contribution is 1.23. The summed E-state index contributed by atoms with van der Waals surface area (Å²) in [6.45, 7) is 35.7. The fraction of sp³-hybridized carbons (Fsp3) is 0.211. The molecule has 0 aliphatic heterocycles. The Kier molecular flexibility index (Phi) is 14.5. The van der Waals surface area contributed by atoms with Crippen molar-refractivity contribution in [1.82, 2.24) is 0 Å². The molecule has 0 aliphatic carbocycles. The molecule has 0 aromatic heterocycles. The van der Waals surface area contributed by atoms with E-state index < -0.39 is 0 Å². The van der Waals surface area contributed by atoms with Crippen molar-refractivity contribution in [2.24, 2.45) is 0 Å². The number of nitrogens with zero attached hydrogens (tertiary/aromatic N) is 2. The first-order chi connectivity index (χ1) is 37.2. The maximum absolute atomic E-state index is 2.43. The van der Waals surface area contributed by atoms with Gasteiger partial charge in [-0.1, -0.05) is 119 Å². The molecule has 0 saturated heterocycles. The van der Waals surface area contributed by atoms with Gasteiger partial charge in [0.2, 0.25) is 0 Å². The molecule has 10 aromatic carbocycles. The molecule has 0 radical (unpaired) electrons. The smallest absolute Gasteiger partial charge is 0.0467 e. The van der Waals surface area contributed by atoms with Gasteiger partial charge in [0.25, 0.3) is 0 Å². The highest BCUT2D eigenvalue weighted by Crippen LogP contribution is 2.45. The Morgan fingerprint density at radius 2 is 0.321 bits per heavy atom. The molecule has 10 rings (SSSR count). The van der Waals surface area contributed by atoms with Crippen molar-refractivity contribution in [2.45, 2.75) is 111 Å². The molecular weight excluding hydrogens is 941 g/mol. The van der Waals surface area contributed by atoms with Crippen LogP contribution in [-0.4, -0.2) is 0 Å². The molecule has 2 heteroatoms. The number of hydrogen-bond donors (Lipinski definition) is 0. The van der Waals surface area contributed by atoms with Gasteiger partial charge in [0.15, 0.2) is 0 Å². The minimum atomic E-state index is 1.12. The van der Waals surface area contributed by atoms with E-state index in [0.29, 0.717) is 0 Å². The molecule has 10 aromatic rings. The maximum Gasteiger partial charge on any atom is 0.0467 e. The van der Waals surface area contributed by atoms with Crippen molar-refractivity contribution in [1.29, 1.82) is 0 Å². The van der Waals surface area contributed by atoms with Gasteiger partial charge in [-0.25, -0.2) is 0 Å². The number of anilines is 6. The molecule has 0 unspecified atom stereocenters. The zero-order chi connectivity index (χ0) is 55.4. The predicted octanol–water partition coefficient (Wildman–Crippen LogP) is 21.9. The molecule has 78 heavy (non-hydrogen) atoms. The highest BCUT2D eigenvalue weighted by Gasteiger charge is 2.22. The summed E-state index contributed by atoms with van der Waals surface area (Å²) in [4.78, 5) is 4.86. The monoisotopic (exact) mass is 1020 g/mol. The van der Waals surface area contributed by atoms with Crippen LogP contribution in [0.4, 0.5) is 34.1 Å². The van der Waals surface area contributed by atoms with Gasteiger partial charge in [0, 0.05) is 34.1 Å². The zero-order valence-electron chi connectivity index (χ0n) is 49.1. The van der Waals surface area contributed by atoms with Crippen LogP contribution in [0.1, 0.15) is 89.0 Å². The molecule has 0 heterocycles. The van der Waals surface area contributed by atoms with Gasteiger partial charge >= 0.3 is 0 Å². The van der Waals surface area contributed by atoms with Crippen LogP contribution in [0.2, 0.25) is 0 Å². The topological polar surface area (TPSA) is 6.48 Å². The third-order valence-corrected chi connectivity index (χ3v) is 16.2. The van der Waals surface area contributed by atoms with Crippen molar-refractivity contribution < 1.29 is 0 Å². The van der Waals surface area contributed by atoms with Crippen LogP contribution >= 0.6 is 0 Å². The summed E-state index contributed by atoms with van der Waals surface area (Å²) >= 11 is 0. The quantitative estimate of drug-likeness (QED) is 0.127. The van der Waals surface area contributed by atoms with Gasteiger partial charge in [-0.3, -0.25) is 0 Å². The normalized spacial score (nSPS) is 11.3. The van der Waals surface area contributed by atoms with Gasteiger partial charge < -0.3 is 9.80 Å². The summed E-state index contributed by atoms with van der Waals surface area (Å²) in [6, 6.07) is 64.7. The highest BCUT2D eigenvalue weighted by molar-refractivity contribution is 5.88. The lowest BCUT2D eigenvalue weighted by Gasteiger charge is -2.29. The van der Waals surface area contributed by atoms with E-state index in [0.717, 1.165) is 34.1 Å². The SMILES string of the molecule is Cc1cc(C)c(-c2ccc(N(c3ccc(-c4c(C)cc(C)cc4C)cc3)c3cc(C)c(-c4c(C)cc(N(c5ccc(-c6c(C)cc(C)cc6C)cc5)c5ccc(-c6c(C)cc(C)cc6C)cc5)cc4C)c(C)c3)cc2)c(C)c1. The second-order valence-electron chi connectivity index (χ2n) is 22.9. The van der Waals surface area contributed by atoms with Crippen molar-refractivity contribution >= 4 is 34.1 Å². The third kappa shape index (κ3) is 10.3. The summed E-state index contributed by atoms with van der Waals surface area (Å²) < 4.78 is 0. The largest absolute Gasteiger partial charge is 0.310 e. The molecule has 0 aliphatic rings. The van der Waals surface area contributed by atoms with Crippen LogP contribution in [0.25, 0.3) is 55.6 Å². The average Bonchev–Trinajstić information content (AvgIpc) is 3.38. The lowest BCUT2D eigenvalue weighted by atomic mass is 9.88. The van der Waals surface area contributed by atoms with Crippen LogP contribution in [0, 0.1) is 111 Å². The van der Waals surface area contributed by atoms with E-state index in [1.54, 1.807) is 0 Å². The van der Waals surface area contributed by atoms with Crippen molar-refractivity contribution in [2.75, 3.05) is 9.80 Å². The molecule has 0 spiro atoms. The van der Waals surface area contributed by atoms with E-state index in [1.807, 2.05) is 0 Å². The standard InChI is InChI=1S/C76H76N2/c1-45-33-49(5)71(50(6)34-45)61-17-25-65(26-18-61)77(66-27-19-62(20-28-66)72-51(7)35-46(2)36-52(72)8)69-41-57(13)75(58(14)42-69)76-59(15)43-70(44-60(76)16)78(67-29-21-63(22-30-67)73-53(9)37-47(3)38-54(73)10)68-31-23-64(24-32-68)74-55(11)39-48(4)40-56(74)12/h17-44H,1-16H3. The van der Waals surface area contributed by atoms with E-state index >= 15 is 0 Å². The zero-order valence-corrected chi connectivity index (χ0v) is 49.1. The molecule has 2 nitrogen and oxygen atoms in total. The molecule has 0 N–H and O–H groups in total. The first kappa shape index (κ1) is 53.2. The second-order valence-corrected chi connectivity index (χ2v) is 22.9. The van der Waals surface area contributed by atoms with Gasteiger partial charge in [0.05, 0.1) is 0 Å². The minimum Gasteiger partial charge on any atom is -0.310 e. The van der Waals surface area contributed by atoms with Crippen LogP contribution in [-0.2, 0) is 0 Å². The summed E-state index contributed by atoms with van der Waals surface area (Å²) in [6.07, 6.45) is 0. The molecule has 0 amide bonds. The number of aryl methyl sites for hydroxylation is 16. The third-order valence-electron chi connectivity index (χ3n) is 16.2. The maximum atomic E-state index is 2.43. The van der Waals surface area contributed by atoms with Gasteiger partial charge in [-0.05, 0) is 306 Å². The summed E-state index contributed by atoms with van der Waals surface area (Å²) in [7, 11) is 0. The Morgan fingerprint density at radius 3 is 0.487 bits per heavy atom. The number of benzene rings is 10. The first-order valence-electron chi connectivity index (χ1n) is 27.8. The van der Waals surface area contributed by atoms with Gasteiger partial charge in [0.1, 0.15) is 0 Å². The molecule has 0 saturated carbocycles. The average molecular weight is 1020 g/mol.